The Balaban J connectivity index is 2.65. The maximum atomic E-state index is 4.25. The average molecular weight is 170 g/mol. The SMILES string of the molecule is c1cnc2c(ccc3cn[nH]c32)n1. The number of fused-ring (bicyclic) bond motifs is 3. The highest BCUT2D eigenvalue weighted by molar-refractivity contribution is 6.00. The minimum absolute atomic E-state index is 0.873. The van der Waals surface area contributed by atoms with Crippen LogP contribution in [0.5, 0.6) is 0 Å². The van der Waals surface area contributed by atoms with E-state index < -0.39 is 0 Å². The van der Waals surface area contributed by atoms with Gasteiger partial charge in [0, 0.05) is 17.8 Å². The molecule has 2 heterocycles. The maximum Gasteiger partial charge on any atom is 0.114 e. The second-order valence-corrected chi connectivity index (χ2v) is 2.82. The van der Waals surface area contributed by atoms with Gasteiger partial charge in [-0.15, -0.1) is 0 Å². The van der Waals surface area contributed by atoms with Gasteiger partial charge in [-0.25, -0.2) is 0 Å². The van der Waals surface area contributed by atoms with Crippen molar-refractivity contribution in [3.05, 3.63) is 30.7 Å². The van der Waals surface area contributed by atoms with Gasteiger partial charge >= 0.3 is 0 Å². The second kappa shape index (κ2) is 2.26. The zero-order valence-electron chi connectivity index (χ0n) is 6.73. The van der Waals surface area contributed by atoms with Crippen molar-refractivity contribution in [1.29, 1.82) is 0 Å². The van der Waals surface area contributed by atoms with E-state index in [1.165, 1.54) is 0 Å². The Morgan fingerprint density at radius 2 is 2.00 bits per heavy atom. The lowest BCUT2D eigenvalue weighted by Gasteiger charge is -1.95. The fraction of sp³-hybridized carbons (Fsp3) is 0. The molecule has 3 rings (SSSR count). The van der Waals surface area contributed by atoms with Gasteiger partial charge < -0.3 is 0 Å². The quantitative estimate of drug-likeness (QED) is 0.556. The van der Waals surface area contributed by atoms with Crippen LogP contribution < -0.4 is 0 Å². The predicted octanol–water partition coefficient (Wildman–Crippen LogP) is 1.51. The molecule has 0 radical (unpaired) electrons. The van der Waals surface area contributed by atoms with E-state index >= 15 is 0 Å². The van der Waals surface area contributed by atoms with E-state index in [2.05, 4.69) is 20.2 Å². The van der Waals surface area contributed by atoms with Crippen LogP contribution in [0.3, 0.4) is 0 Å². The zero-order chi connectivity index (χ0) is 8.67. The zero-order valence-corrected chi connectivity index (χ0v) is 6.73. The second-order valence-electron chi connectivity index (χ2n) is 2.82. The fourth-order valence-electron chi connectivity index (χ4n) is 1.44. The van der Waals surface area contributed by atoms with Crippen molar-refractivity contribution in [3.8, 4) is 0 Å². The normalized spacial score (nSPS) is 11.1. The van der Waals surface area contributed by atoms with Crippen LogP contribution in [-0.4, -0.2) is 20.2 Å². The van der Waals surface area contributed by atoms with Gasteiger partial charge in [-0.05, 0) is 12.1 Å². The van der Waals surface area contributed by atoms with Crippen LogP contribution in [0.4, 0.5) is 0 Å². The lowest BCUT2D eigenvalue weighted by molar-refractivity contribution is 1.12. The molecule has 13 heavy (non-hydrogen) atoms. The molecule has 3 aromatic rings. The Bertz CT molecular complexity index is 570. The highest BCUT2D eigenvalue weighted by Gasteiger charge is 2.02. The first-order valence-electron chi connectivity index (χ1n) is 3.98. The molecule has 0 saturated heterocycles. The number of H-pyrrole nitrogens is 1. The highest BCUT2D eigenvalue weighted by atomic mass is 15.1. The molecule has 0 fully saturated rings. The molecule has 0 aliphatic rings. The summed E-state index contributed by atoms with van der Waals surface area (Å²) in [6.45, 7) is 0. The molecule has 1 N–H and O–H groups in total. The molecule has 0 saturated carbocycles. The summed E-state index contributed by atoms with van der Waals surface area (Å²) in [6, 6.07) is 3.93. The van der Waals surface area contributed by atoms with Crippen LogP contribution >= 0.6 is 0 Å². The molecule has 1 aromatic carbocycles. The van der Waals surface area contributed by atoms with E-state index in [1.54, 1.807) is 18.6 Å². The molecule has 4 nitrogen and oxygen atoms in total. The van der Waals surface area contributed by atoms with Gasteiger partial charge in [-0.2, -0.15) is 5.10 Å². The first kappa shape index (κ1) is 6.54. The van der Waals surface area contributed by atoms with Gasteiger partial charge in [0.25, 0.3) is 0 Å². The summed E-state index contributed by atoms with van der Waals surface area (Å²) in [6.07, 6.45) is 5.15. The van der Waals surface area contributed by atoms with Gasteiger partial charge in [0.15, 0.2) is 0 Å². The third-order valence-corrected chi connectivity index (χ3v) is 2.05. The van der Waals surface area contributed by atoms with Crippen LogP contribution in [0.1, 0.15) is 0 Å². The van der Waals surface area contributed by atoms with Gasteiger partial charge in [0.05, 0.1) is 17.2 Å². The van der Waals surface area contributed by atoms with Crippen molar-refractivity contribution in [2.45, 2.75) is 0 Å². The summed E-state index contributed by atoms with van der Waals surface area (Å²) in [5, 5.41) is 7.93. The molecular weight excluding hydrogens is 164 g/mol. The molecule has 0 aliphatic heterocycles. The lowest BCUT2D eigenvalue weighted by Crippen LogP contribution is -1.82. The fourth-order valence-corrected chi connectivity index (χ4v) is 1.44. The Morgan fingerprint density at radius 1 is 1.08 bits per heavy atom. The molecular formula is C9H6N4. The standard InChI is InChI=1S/C9H6N4/c1-2-7-9(11-4-3-10-7)8-6(1)5-12-13-8/h1-5H,(H,12,13). The number of aromatic amines is 1. The average Bonchev–Trinajstić information content (AvgIpc) is 2.65. The summed E-state index contributed by atoms with van der Waals surface area (Å²) in [5.41, 5.74) is 2.71. The first-order valence-corrected chi connectivity index (χ1v) is 3.98. The van der Waals surface area contributed by atoms with Crippen molar-refractivity contribution in [1.82, 2.24) is 20.2 Å². The Morgan fingerprint density at radius 3 is 3.00 bits per heavy atom. The largest absolute Gasteiger partial charge is 0.276 e. The third-order valence-electron chi connectivity index (χ3n) is 2.05. The number of hydrogen-bond acceptors (Lipinski definition) is 3. The number of rotatable bonds is 0. The van der Waals surface area contributed by atoms with Crippen molar-refractivity contribution < 1.29 is 0 Å². The van der Waals surface area contributed by atoms with Crippen LogP contribution in [0.25, 0.3) is 21.9 Å². The number of hydrogen-bond donors (Lipinski definition) is 1. The monoisotopic (exact) mass is 170 g/mol. The molecule has 4 heteroatoms. The lowest BCUT2D eigenvalue weighted by atomic mass is 10.2. The minimum Gasteiger partial charge on any atom is -0.276 e. The summed E-state index contributed by atoms with van der Waals surface area (Å²) in [5.74, 6) is 0. The van der Waals surface area contributed by atoms with E-state index in [-0.39, 0.29) is 0 Å². The van der Waals surface area contributed by atoms with Crippen molar-refractivity contribution >= 4 is 21.9 Å². The van der Waals surface area contributed by atoms with Crippen molar-refractivity contribution in [2.75, 3.05) is 0 Å². The van der Waals surface area contributed by atoms with Gasteiger partial charge in [-0.1, -0.05) is 0 Å². The van der Waals surface area contributed by atoms with E-state index in [0.29, 0.717) is 0 Å². The number of benzene rings is 1. The van der Waals surface area contributed by atoms with Gasteiger partial charge in [-0.3, -0.25) is 15.1 Å². The van der Waals surface area contributed by atoms with E-state index in [4.69, 9.17) is 0 Å². The maximum absolute atomic E-state index is 4.25. The van der Waals surface area contributed by atoms with Gasteiger partial charge in [0.2, 0.25) is 0 Å². The molecule has 0 amide bonds. The van der Waals surface area contributed by atoms with E-state index in [1.807, 2.05) is 12.1 Å². The molecule has 0 atom stereocenters. The Labute approximate surface area is 73.6 Å². The number of aromatic nitrogens is 4. The molecule has 0 spiro atoms. The predicted molar refractivity (Wildman–Crippen MR) is 49.2 cm³/mol. The van der Waals surface area contributed by atoms with Crippen molar-refractivity contribution in [2.24, 2.45) is 0 Å². The topological polar surface area (TPSA) is 54.5 Å². The summed E-state index contributed by atoms with van der Waals surface area (Å²) >= 11 is 0. The van der Waals surface area contributed by atoms with Crippen LogP contribution in [0.2, 0.25) is 0 Å². The first-order chi connectivity index (χ1) is 6.45. The Hall–Kier alpha value is -1.97. The van der Waals surface area contributed by atoms with E-state index in [9.17, 15) is 0 Å². The van der Waals surface area contributed by atoms with Crippen LogP contribution in [0, 0.1) is 0 Å². The van der Waals surface area contributed by atoms with Crippen molar-refractivity contribution in [3.63, 3.8) is 0 Å². The third kappa shape index (κ3) is 0.823. The summed E-state index contributed by atoms with van der Waals surface area (Å²) in [7, 11) is 0. The summed E-state index contributed by atoms with van der Waals surface area (Å²) in [4.78, 5) is 8.45. The highest BCUT2D eigenvalue weighted by Crippen LogP contribution is 2.18. The summed E-state index contributed by atoms with van der Waals surface area (Å²) < 4.78 is 0. The number of nitrogens with one attached hydrogen (secondary N) is 1. The molecule has 0 unspecified atom stereocenters. The molecule has 62 valence electrons. The minimum atomic E-state index is 0.873. The molecule has 2 aromatic heterocycles. The van der Waals surface area contributed by atoms with Crippen LogP contribution in [-0.2, 0) is 0 Å². The smallest absolute Gasteiger partial charge is 0.114 e. The van der Waals surface area contributed by atoms with Gasteiger partial charge in [0.1, 0.15) is 5.52 Å². The molecule has 0 bridgehead atoms. The Kier molecular flexibility index (Phi) is 1.14. The van der Waals surface area contributed by atoms with E-state index in [0.717, 1.165) is 21.9 Å². The number of nitrogens with zero attached hydrogens (tertiary/aromatic N) is 3. The van der Waals surface area contributed by atoms with Crippen LogP contribution in [0.15, 0.2) is 30.7 Å². The molecule has 0 aliphatic carbocycles.